The van der Waals surface area contributed by atoms with E-state index >= 15 is 0 Å². The number of nitrogens with one attached hydrogen (secondary N) is 2. The van der Waals surface area contributed by atoms with Gasteiger partial charge in [-0.2, -0.15) is 0 Å². The number of hydrazine groups is 1. The van der Waals surface area contributed by atoms with Gasteiger partial charge in [-0.1, -0.05) is 12.1 Å². The number of amides is 2. The number of ether oxygens (including phenoxy) is 3. The second-order valence-corrected chi connectivity index (χ2v) is 4.40. The van der Waals surface area contributed by atoms with Gasteiger partial charge in [0.1, 0.15) is 0 Å². The number of benzene rings is 1. The molecule has 2 amide bonds. The Kier molecular flexibility index (Phi) is 7.77. The molecule has 1 atom stereocenters. The molecule has 7 heteroatoms. The minimum absolute atomic E-state index is 0.176. The van der Waals surface area contributed by atoms with Crippen molar-refractivity contribution in [1.82, 2.24) is 10.9 Å². The molecular weight excluding hydrogens is 288 g/mol. The summed E-state index contributed by atoms with van der Waals surface area (Å²) in [6.07, 6.45) is -0.612. The van der Waals surface area contributed by atoms with Crippen molar-refractivity contribution in [3.63, 3.8) is 0 Å². The van der Waals surface area contributed by atoms with Crippen LogP contribution in [0.5, 0.6) is 11.5 Å². The number of methoxy groups -OCH3 is 1. The highest BCUT2D eigenvalue weighted by Crippen LogP contribution is 2.26. The summed E-state index contributed by atoms with van der Waals surface area (Å²) in [6.45, 7) is 4.28. The Morgan fingerprint density at radius 3 is 2.50 bits per heavy atom. The molecule has 0 aliphatic heterocycles. The van der Waals surface area contributed by atoms with Gasteiger partial charge < -0.3 is 14.2 Å². The summed E-state index contributed by atoms with van der Waals surface area (Å²) in [6, 6.07) is 7.01. The summed E-state index contributed by atoms with van der Waals surface area (Å²) >= 11 is 0. The molecule has 0 saturated carbocycles. The summed E-state index contributed by atoms with van der Waals surface area (Å²) in [5.41, 5.74) is 4.61. The van der Waals surface area contributed by atoms with Gasteiger partial charge in [0.05, 0.1) is 20.1 Å². The van der Waals surface area contributed by atoms with Crippen molar-refractivity contribution in [2.75, 3.05) is 20.3 Å². The fourth-order valence-electron chi connectivity index (χ4n) is 1.56. The van der Waals surface area contributed by atoms with E-state index in [1.165, 1.54) is 7.11 Å². The average molecular weight is 310 g/mol. The molecule has 0 saturated heterocycles. The maximum Gasteiger partial charge on any atom is 0.279 e. The highest BCUT2D eigenvalue weighted by Gasteiger charge is 2.17. The number of para-hydroxylation sites is 2. The summed E-state index contributed by atoms with van der Waals surface area (Å²) in [4.78, 5) is 23.3. The summed E-state index contributed by atoms with van der Waals surface area (Å²) in [7, 11) is 1.52. The Labute approximate surface area is 129 Å². The van der Waals surface area contributed by atoms with Crippen molar-refractivity contribution in [1.29, 1.82) is 0 Å². The van der Waals surface area contributed by atoms with Crippen LogP contribution in [-0.4, -0.2) is 38.2 Å². The molecule has 2 N–H and O–H groups in total. The van der Waals surface area contributed by atoms with Gasteiger partial charge in [-0.25, -0.2) is 0 Å². The van der Waals surface area contributed by atoms with Crippen LogP contribution in [-0.2, 0) is 14.3 Å². The van der Waals surface area contributed by atoms with Crippen LogP contribution in [0.2, 0.25) is 0 Å². The maximum atomic E-state index is 11.9. The van der Waals surface area contributed by atoms with Crippen molar-refractivity contribution < 1.29 is 23.8 Å². The number of rotatable bonds is 8. The van der Waals surface area contributed by atoms with Crippen LogP contribution in [0.25, 0.3) is 0 Å². The minimum Gasteiger partial charge on any atom is -0.493 e. The van der Waals surface area contributed by atoms with Gasteiger partial charge in [-0.15, -0.1) is 0 Å². The molecule has 122 valence electrons. The molecule has 1 aromatic rings. The molecule has 0 fully saturated rings. The van der Waals surface area contributed by atoms with Crippen LogP contribution in [0.15, 0.2) is 24.3 Å². The predicted octanol–water partition coefficient (Wildman–Crippen LogP) is 1.04. The van der Waals surface area contributed by atoms with E-state index in [4.69, 9.17) is 14.2 Å². The van der Waals surface area contributed by atoms with Crippen LogP contribution in [0.1, 0.15) is 20.3 Å². The van der Waals surface area contributed by atoms with Gasteiger partial charge >= 0.3 is 0 Å². The van der Waals surface area contributed by atoms with Crippen LogP contribution in [0.4, 0.5) is 0 Å². The molecule has 1 aromatic carbocycles. The van der Waals surface area contributed by atoms with Gasteiger partial charge in [0.15, 0.2) is 17.6 Å². The second-order valence-electron chi connectivity index (χ2n) is 4.40. The van der Waals surface area contributed by atoms with Crippen molar-refractivity contribution in [3.05, 3.63) is 24.3 Å². The lowest BCUT2D eigenvalue weighted by Crippen LogP contribution is -2.47. The quantitative estimate of drug-likeness (QED) is 0.553. The van der Waals surface area contributed by atoms with Gasteiger partial charge in [0, 0.05) is 6.61 Å². The van der Waals surface area contributed by atoms with Crippen LogP contribution in [0, 0.1) is 0 Å². The van der Waals surface area contributed by atoms with Crippen molar-refractivity contribution in [3.8, 4) is 11.5 Å². The Morgan fingerprint density at radius 2 is 1.86 bits per heavy atom. The lowest BCUT2D eigenvalue weighted by atomic mass is 10.3. The van der Waals surface area contributed by atoms with Crippen LogP contribution < -0.4 is 20.3 Å². The molecular formula is C15H22N2O5. The number of hydrogen-bond donors (Lipinski definition) is 2. The van der Waals surface area contributed by atoms with Gasteiger partial charge in [0.2, 0.25) is 5.91 Å². The number of carbonyl (C=O) groups excluding carboxylic acids is 2. The predicted molar refractivity (Wildman–Crippen MR) is 80.5 cm³/mol. The molecule has 1 rings (SSSR count). The Bertz CT molecular complexity index is 493. The first kappa shape index (κ1) is 17.8. The molecule has 0 aliphatic rings. The van der Waals surface area contributed by atoms with E-state index in [2.05, 4.69) is 10.9 Å². The molecule has 0 spiro atoms. The molecule has 22 heavy (non-hydrogen) atoms. The summed E-state index contributed by atoms with van der Waals surface area (Å²) < 4.78 is 15.7. The molecule has 0 radical (unpaired) electrons. The highest BCUT2D eigenvalue weighted by atomic mass is 16.5. The SMILES string of the molecule is CCOCCC(=O)NNC(=O)C(C)Oc1ccccc1OC. The van der Waals surface area contributed by atoms with Gasteiger partial charge in [-0.05, 0) is 26.0 Å². The molecule has 0 heterocycles. The van der Waals surface area contributed by atoms with Crippen molar-refractivity contribution in [2.45, 2.75) is 26.4 Å². The fraction of sp³-hybridized carbons (Fsp3) is 0.467. The number of carbonyl (C=O) groups is 2. The number of hydrogen-bond acceptors (Lipinski definition) is 5. The van der Waals surface area contributed by atoms with Crippen molar-refractivity contribution >= 4 is 11.8 Å². The third-order valence-electron chi connectivity index (χ3n) is 2.74. The van der Waals surface area contributed by atoms with Crippen LogP contribution >= 0.6 is 0 Å². The smallest absolute Gasteiger partial charge is 0.279 e. The lowest BCUT2D eigenvalue weighted by Gasteiger charge is -2.16. The van der Waals surface area contributed by atoms with E-state index in [-0.39, 0.29) is 12.3 Å². The molecule has 0 aromatic heterocycles. The zero-order valence-corrected chi connectivity index (χ0v) is 13.0. The van der Waals surface area contributed by atoms with Crippen molar-refractivity contribution in [2.24, 2.45) is 0 Å². The molecule has 7 nitrogen and oxygen atoms in total. The Balaban J connectivity index is 2.40. The second kappa shape index (κ2) is 9.62. The standard InChI is InChI=1S/C15H22N2O5/c1-4-21-10-9-14(18)16-17-15(19)11(2)22-13-8-6-5-7-12(13)20-3/h5-8,11H,4,9-10H2,1-3H3,(H,16,18)(H,17,19). The summed E-state index contributed by atoms with van der Waals surface area (Å²) in [5.74, 6) is 0.195. The highest BCUT2D eigenvalue weighted by molar-refractivity contribution is 5.84. The fourth-order valence-corrected chi connectivity index (χ4v) is 1.56. The van der Waals surface area contributed by atoms with E-state index in [1.807, 2.05) is 6.92 Å². The van der Waals surface area contributed by atoms with E-state index in [0.717, 1.165) is 0 Å². The largest absolute Gasteiger partial charge is 0.493 e. The first-order chi connectivity index (χ1) is 10.6. The molecule has 1 unspecified atom stereocenters. The third-order valence-corrected chi connectivity index (χ3v) is 2.74. The monoisotopic (exact) mass is 310 g/mol. The zero-order valence-electron chi connectivity index (χ0n) is 13.0. The minimum atomic E-state index is -0.788. The van der Waals surface area contributed by atoms with Crippen LogP contribution in [0.3, 0.4) is 0 Å². The Hall–Kier alpha value is -2.28. The van der Waals surface area contributed by atoms with E-state index in [9.17, 15) is 9.59 Å². The first-order valence-corrected chi connectivity index (χ1v) is 7.04. The van der Waals surface area contributed by atoms with E-state index in [1.54, 1.807) is 31.2 Å². The third kappa shape index (κ3) is 6.01. The maximum absolute atomic E-state index is 11.9. The normalized spacial score (nSPS) is 11.4. The first-order valence-electron chi connectivity index (χ1n) is 7.04. The van der Waals surface area contributed by atoms with E-state index in [0.29, 0.717) is 24.7 Å². The topological polar surface area (TPSA) is 85.9 Å². The molecule has 0 bridgehead atoms. The van der Waals surface area contributed by atoms with E-state index < -0.39 is 12.0 Å². The Morgan fingerprint density at radius 1 is 1.18 bits per heavy atom. The zero-order chi connectivity index (χ0) is 16.4. The molecule has 0 aliphatic carbocycles. The average Bonchev–Trinajstić information content (AvgIpc) is 2.53. The van der Waals surface area contributed by atoms with Gasteiger partial charge in [-0.3, -0.25) is 20.4 Å². The van der Waals surface area contributed by atoms with Gasteiger partial charge in [0.25, 0.3) is 5.91 Å². The lowest BCUT2D eigenvalue weighted by molar-refractivity contribution is -0.133. The summed E-state index contributed by atoms with van der Waals surface area (Å²) in [5, 5.41) is 0.